The first-order chi connectivity index (χ1) is 7.90. The van der Waals surface area contributed by atoms with Crippen LogP contribution in [-0.2, 0) is 0 Å². The van der Waals surface area contributed by atoms with Crippen LogP contribution >= 0.6 is 11.3 Å². The van der Waals surface area contributed by atoms with Gasteiger partial charge in [-0.2, -0.15) is 0 Å². The summed E-state index contributed by atoms with van der Waals surface area (Å²) in [7, 11) is 0. The average Bonchev–Trinajstić information content (AvgIpc) is 2.84. The molecule has 16 heavy (non-hydrogen) atoms. The molecule has 2 nitrogen and oxygen atoms in total. The molecule has 0 fully saturated rings. The largest absolute Gasteiger partial charge is 0.494 e. The maximum Gasteiger partial charge on any atom is 0.119 e. The molecule has 0 aliphatic heterocycles. The Morgan fingerprint density at radius 3 is 2.56 bits per heavy atom. The van der Waals surface area contributed by atoms with E-state index in [9.17, 15) is 0 Å². The van der Waals surface area contributed by atoms with Gasteiger partial charge >= 0.3 is 0 Å². The van der Waals surface area contributed by atoms with Crippen molar-refractivity contribution in [3.05, 3.63) is 41.8 Å². The molecule has 0 atom stereocenters. The molecule has 84 valence electrons. The summed E-state index contributed by atoms with van der Waals surface area (Å²) >= 11 is 1.73. The van der Waals surface area contributed by atoms with Crippen molar-refractivity contribution in [2.45, 2.75) is 6.42 Å². The molecule has 3 heteroatoms. The lowest BCUT2D eigenvalue weighted by molar-refractivity contribution is 0.233. The van der Waals surface area contributed by atoms with E-state index in [0.717, 1.165) is 5.75 Å². The zero-order valence-corrected chi connectivity index (χ0v) is 9.74. The summed E-state index contributed by atoms with van der Waals surface area (Å²) in [5.41, 5.74) is 1.21. The van der Waals surface area contributed by atoms with Gasteiger partial charge in [-0.3, -0.25) is 0 Å². The first-order valence-corrected chi connectivity index (χ1v) is 6.16. The summed E-state index contributed by atoms with van der Waals surface area (Å²) in [6.45, 7) is 0.738. The van der Waals surface area contributed by atoms with Gasteiger partial charge in [-0.1, -0.05) is 6.07 Å². The third-order valence-electron chi connectivity index (χ3n) is 2.23. The Bertz CT molecular complexity index is 406. The topological polar surface area (TPSA) is 29.5 Å². The summed E-state index contributed by atoms with van der Waals surface area (Å²) < 4.78 is 5.46. The van der Waals surface area contributed by atoms with Gasteiger partial charge in [0.15, 0.2) is 0 Å². The first kappa shape index (κ1) is 11.2. The molecule has 1 aromatic heterocycles. The van der Waals surface area contributed by atoms with Crippen molar-refractivity contribution in [3.8, 4) is 16.2 Å². The van der Waals surface area contributed by atoms with Crippen molar-refractivity contribution < 1.29 is 9.84 Å². The monoisotopic (exact) mass is 234 g/mol. The minimum absolute atomic E-state index is 0.174. The van der Waals surface area contributed by atoms with E-state index in [-0.39, 0.29) is 6.61 Å². The van der Waals surface area contributed by atoms with Gasteiger partial charge in [0.05, 0.1) is 6.61 Å². The van der Waals surface area contributed by atoms with Crippen LogP contribution in [0.2, 0.25) is 0 Å². The number of aliphatic hydroxyl groups excluding tert-OH is 1. The molecule has 1 N–H and O–H groups in total. The third kappa shape index (κ3) is 2.84. The molecule has 0 unspecified atom stereocenters. The van der Waals surface area contributed by atoms with Crippen LogP contribution in [0.25, 0.3) is 10.4 Å². The SMILES string of the molecule is OCCCOc1ccc(-c2cccs2)cc1. The molecular formula is C13H14O2S. The lowest BCUT2D eigenvalue weighted by Crippen LogP contribution is -1.99. The number of thiophene rings is 1. The second kappa shape index (κ2) is 5.68. The smallest absolute Gasteiger partial charge is 0.119 e. The van der Waals surface area contributed by atoms with E-state index in [4.69, 9.17) is 9.84 Å². The lowest BCUT2D eigenvalue weighted by Gasteiger charge is -2.05. The van der Waals surface area contributed by atoms with Gasteiger partial charge in [-0.25, -0.2) is 0 Å². The fourth-order valence-corrected chi connectivity index (χ4v) is 2.15. The van der Waals surface area contributed by atoms with Crippen LogP contribution in [0.4, 0.5) is 0 Å². The van der Waals surface area contributed by atoms with Gasteiger partial charge in [0, 0.05) is 17.9 Å². The summed E-state index contributed by atoms with van der Waals surface area (Å²) in [6.07, 6.45) is 0.673. The van der Waals surface area contributed by atoms with Crippen LogP contribution in [0.1, 0.15) is 6.42 Å². The zero-order valence-electron chi connectivity index (χ0n) is 8.93. The molecule has 0 spiro atoms. The number of rotatable bonds is 5. The molecule has 0 aliphatic rings. The van der Waals surface area contributed by atoms with Crippen molar-refractivity contribution in [1.29, 1.82) is 0 Å². The van der Waals surface area contributed by atoms with E-state index in [2.05, 4.69) is 23.6 Å². The van der Waals surface area contributed by atoms with Crippen LogP contribution < -0.4 is 4.74 Å². The van der Waals surface area contributed by atoms with Gasteiger partial charge in [-0.15, -0.1) is 11.3 Å². The second-order valence-corrected chi connectivity index (χ2v) is 4.37. The lowest BCUT2D eigenvalue weighted by atomic mass is 10.2. The number of hydrogen-bond acceptors (Lipinski definition) is 3. The number of benzene rings is 1. The van der Waals surface area contributed by atoms with E-state index in [1.165, 1.54) is 10.4 Å². The number of hydrogen-bond donors (Lipinski definition) is 1. The van der Waals surface area contributed by atoms with Crippen molar-refractivity contribution in [2.24, 2.45) is 0 Å². The fourth-order valence-electron chi connectivity index (χ4n) is 1.41. The van der Waals surface area contributed by atoms with Gasteiger partial charge in [-0.05, 0) is 41.3 Å². The van der Waals surface area contributed by atoms with Crippen LogP contribution in [0.3, 0.4) is 0 Å². The summed E-state index contributed by atoms with van der Waals surface area (Å²) in [5, 5.41) is 10.7. The van der Waals surface area contributed by atoms with Gasteiger partial charge < -0.3 is 9.84 Å². The summed E-state index contributed by atoms with van der Waals surface area (Å²) in [4.78, 5) is 1.27. The molecule has 0 saturated heterocycles. The Balaban J connectivity index is 2.00. The first-order valence-electron chi connectivity index (χ1n) is 5.28. The second-order valence-electron chi connectivity index (χ2n) is 3.43. The molecule has 0 radical (unpaired) electrons. The normalized spacial score (nSPS) is 10.3. The molecular weight excluding hydrogens is 220 g/mol. The van der Waals surface area contributed by atoms with E-state index in [0.29, 0.717) is 13.0 Å². The highest BCUT2D eigenvalue weighted by Gasteiger charge is 1.99. The summed E-state index contributed by atoms with van der Waals surface area (Å²) in [5.74, 6) is 0.855. The fraction of sp³-hybridized carbons (Fsp3) is 0.231. The zero-order chi connectivity index (χ0) is 11.2. The Morgan fingerprint density at radius 1 is 1.12 bits per heavy atom. The molecule has 0 saturated carbocycles. The Kier molecular flexibility index (Phi) is 3.97. The predicted octanol–water partition coefficient (Wildman–Crippen LogP) is 3.18. The number of aliphatic hydroxyl groups is 1. The quantitative estimate of drug-likeness (QED) is 0.805. The average molecular weight is 234 g/mol. The molecule has 1 heterocycles. The van der Waals surface area contributed by atoms with Crippen molar-refractivity contribution >= 4 is 11.3 Å². The Labute approximate surface area is 99.1 Å². The van der Waals surface area contributed by atoms with E-state index in [1.54, 1.807) is 11.3 Å². The Morgan fingerprint density at radius 2 is 1.94 bits per heavy atom. The number of ether oxygens (including phenoxy) is 1. The predicted molar refractivity (Wildman–Crippen MR) is 67.0 cm³/mol. The van der Waals surface area contributed by atoms with Crippen molar-refractivity contribution in [1.82, 2.24) is 0 Å². The molecule has 0 aliphatic carbocycles. The van der Waals surface area contributed by atoms with Gasteiger partial charge in [0.2, 0.25) is 0 Å². The van der Waals surface area contributed by atoms with E-state index in [1.807, 2.05) is 18.2 Å². The molecule has 0 amide bonds. The van der Waals surface area contributed by atoms with Crippen LogP contribution in [0.5, 0.6) is 5.75 Å². The van der Waals surface area contributed by atoms with E-state index < -0.39 is 0 Å². The van der Waals surface area contributed by atoms with Crippen molar-refractivity contribution in [2.75, 3.05) is 13.2 Å². The van der Waals surface area contributed by atoms with Crippen LogP contribution in [-0.4, -0.2) is 18.3 Å². The maximum absolute atomic E-state index is 8.63. The van der Waals surface area contributed by atoms with Gasteiger partial charge in [0.25, 0.3) is 0 Å². The highest BCUT2D eigenvalue weighted by atomic mass is 32.1. The maximum atomic E-state index is 8.63. The van der Waals surface area contributed by atoms with Crippen molar-refractivity contribution in [3.63, 3.8) is 0 Å². The minimum Gasteiger partial charge on any atom is -0.494 e. The molecule has 2 aromatic rings. The minimum atomic E-state index is 0.174. The van der Waals surface area contributed by atoms with Gasteiger partial charge in [0.1, 0.15) is 5.75 Å². The molecule has 2 rings (SSSR count). The highest BCUT2D eigenvalue weighted by Crippen LogP contribution is 2.26. The van der Waals surface area contributed by atoms with Crippen LogP contribution in [0, 0.1) is 0 Å². The standard InChI is InChI=1S/C13H14O2S/c14-8-2-9-15-12-6-4-11(5-7-12)13-3-1-10-16-13/h1,3-7,10,14H,2,8-9H2. The molecule has 0 bridgehead atoms. The highest BCUT2D eigenvalue weighted by molar-refractivity contribution is 7.13. The van der Waals surface area contributed by atoms with E-state index >= 15 is 0 Å². The van der Waals surface area contributed by atoms with Crippen LogP contribution in [0.15, 0.2) is 41.8 Å². The Hall–Kier alpha value is -1.32. The molecule has 1 aromatic carbocycles. The summed E-state index contributed by atoms with van der Waals surface area (Å²) in [6, 6.07) is 12.2. The third-order valence-corrected chi connectivity index (χ3v) is 3.15.